The van der Waals surface area contributed by atoms with Crippen LogP contribution in [0.15, 0.2) is 67.1 Å². The SMILES string of the molecule is O=C(c1cnccn1)N1CCOc2ccccc2CCCCC2(CCN(C(=O)c3n[nH]c4ccccc34)CC2)C1. The van der Waals surface area contributed by atoms with Gasteiger partial charge in [0.15, 0.2) is 5.69 Å². The Hall–Kier alpha value is -4.27. The van der Waals surface area contributed by atoms with Gasteiger partial charge in [0, 0.05) is 37.4 Å². The molecule has 2 aliphatic rings. The predicted molar refractivity (Wildman–Crippen MR) is 151 cm³/mol. The largest absolute Gasteiger partial charge is 0.491 e. The minimum Gasteiger partial charge on any atom is -0.491 e. The molecule has 1 spiro atoms. The van der Waals surface area contributed by atoms with E-state index in [1.54, 1.807) is 12.4 Å². The topological polar surface area (TPSA) is 104 Å². The molecular weight excluding hydrogens is 504 g/mol. The van der Waals surface area contributed by atoms with Crippen molar-refractivity contribution in [3.05, 3.63) is 84.1 Å². The summed E-state index contributed by atoms with van der Waals surface area (Å²) in [5.41, 5.74) is 2.78. The van der Waals surface area contributed by atoms with Crippen molar-refractivity contribution in [2.24, 2.45) is 5.41 Å². The van der Waals surface area contributed by atoms with Crippen molar-refractivity contribution in [1.29, 1.82) is 0 Å². The van der Waals surface area contributed by atoms with Crippen LogP contribution in [0.3, 0.4) is 0 Å². The maximum Gasteiger partial charge on any atom is 0.274 e. The summed E-state index contributed by atoms with van der Waals surface area (Å²) >= 11 is 0. The fourth-order valence-electron chi connectivity index (χ4n) is 6.11. The number of aromatic amines is 1. The van der Waals surface area contributed by atoms with Crippen molar-refractivity contribution in [2.45, 2.75) is 38.5 Å². The lowest BCUT2D eigenvalue weighted by molar-refractivity contribution is 0.0324. The van der Waals surface area contributed by atoms with Crippen LogP contribution >= 0.6 is 0 Å². The minimum atomic E-state index is -0.136. The summed E-state index contributed by atoms with van der Waals surface area (Å²) in [6.45, 7) is 2.71. The number of carbonyl (C=O) groups excluding carboxylic acids is 2. The van der Waals surface area contributed by atoms with Crippen LogP contribution in [0.25, 0.3) is 10.9 Å². The van der Waals surface area contributed by atoms with Crippen LogP contribution in [-0.4, -0.2) is 74.6 Å². The third kappa shape index (κ3) is 5.41. The van der Waals surface area contributed by atoms with Crippen molar-refractivity contribution in [2.75, 3.05) is 32.8 Å². The molecule has 0 unspecified atom stereocenters. The highest BCUT2D eigenvalue weighted by Gasteiger charge is 2.39. The van der Waals surface area contributed by atoms with Gasteiger partial charge in [-0.05, 0) is 55.2 Å². The predicted octanol–water partition coefficient (Wildman–Crippen LogP) is 4.52. The smallest absolute Gasteiger partial charge is 0.274 e. The Labute approximate surface area is 233 Å². The number of nitrogens with zero attached hydrogens (tertiary/aromatic N) is 5. The number of H-pyrrole nitrogens is 1. The maximum absolute atomic E-state index is 13.6. The van der Waals surface area contributed by atoms with E-state index in [9.17, 15) is 9.59 Å². The lowest BCUT2D eigenvalue weighted by Crippen LogP contribution is -2.50. The molecule has 0 bridgehead atoms. The monoisotopic (exact) mass is 538 g/mol. The van der Waals surface area contributed by atoms with Gasteiger partial charge in [-0.1, -0.05) is 42.8 Å². The molecule has 0 saturated carbocycles. The van der Waals surface area contributed by atoms with Crippen LogP contribution in [0, 0.1) is 5.41 Å². The van der Waals surface area contributed by atoms with E-state index < -0.39 is 0 Å². The third-order valence-corrected chi connectivity index (χ3v) is 8.37. The zero-order valence-electron chi connectivity index (χ0n) is 22.6. The number of nitrogens with one attached hydrogen (secondary N) is 1. The molecular formula is C31H34N6O3. The van der Waals surface area contributed by atoms with Gasteiger partial charge < -0.3 is 14.5 Å². The number of carbonyl (C=O) groups is 2. The number of para-hydroxylation sites is 2. The summed E-state index contributed by atoms with van der Waals surface area (Å²) in [6.07, 6.45) is 10.3. The summed E-state index contributed by atoms with van der Waals surface area (Å²) in [7, 11) is 0. The number of fused-ring (bicyclic) bond motifs is 2. The van der Waals surface area contributed by atoms with E-state index in [1.807, 2.05) is 46.2 Å². The first-order valence-corrected chi connectivity index (χ1v) is 14.1. The van der Waals surface area contributed by atoms with E-state index in [0.29, 0.717) is 44.2 Å². The van der Waals surface area contributed by atoms with E-state index >= 15 is 0 Å². The molecule has 1 saturated heterocycles. The molecule has 2 aromatic heterocycles. The molecule has 6 rings (SSSR count). The molecule has 4 heterocycles. The molecule has 206 valence electrons. The minimum absolute atomic E-state index is 0.0436. The molecule has 2 aliphatic heterocycles. The number of amides is 2. The lowest BCUT2D eigenvalue weighted by Gasteiger charge is -2.44. The van der Waals surface area contributed by atoms with E-state index in [2.05, 4.69) is 32.3 Å². The molecule has 9 nitrogen and oxygen atoms in total. The number of ether oxygens (including phenoxy) is 1. The average Bonchev–Trinajstić information content (AvgIpc) is 3.43. The second-order valence-corrected chi connectivity index (χ2v) is 10.9. The molecule has 0 radical (unpaired) electrons. The molecule has 0 aliphatic carbocycles. The summed E-state index contributed by atoms with van der Waals surface area (Å²) in [6, 6.07) is 15.9. The van der Waals surface area contributed by atoms with Crippen LogP contribution in [0.4, 0.5) is 0 Å². The fraction of sp³-hybridized carbons (Fsp3) is 0.387. The molecule has 1 fully saturated rings. The Morgan fingerprint density at radius 1 is 0.875 bits per heavy atom. The number of aryl methyl sites for hydroxylation is 1. The first kappa shape index (κ1) is 26.0. The number of aromatic nitrogens is 4. The summed E-state index contributed by atoms with van der Waals surface area (Å²) in [5, 5.41) is 8.16. The van der Waals surface area contributed by atoms with E-state index in [1.165, 1.54) is 11.8 Å². The van der Waals surface area contributed by atoms with Crippen LogP contribution in [0.1, 0.15) is 58.6 Å². The van der Waals surface area contributed by atoms with Crippen LogP contribution in [0.2, 0.25) is 0 Å². The molecule has 0 atom stereocenters. The first-order valence-electron chi connectivity index (χ1n) is 14.1. The number of piperidine rings is 1. The van der Waals surface area contributed by atoms with E-state index in [-0.39, 0.29) is 17.2 Å². The average molecular weight is 539 g/mol. The van der Waals surface area contributed by atoms with E-state index in [4.69, 9.17) is 4.74 Å². The Balaban J connectivity index is 1.23. The maximum atomic E-state index is 13.6. The zero-order valence-corrected chi connectivity index (χ0v) is 22.6. The number of benzene rings is 2. The Bertz CT molecular complexity index is 1480. The third-order valence-electron chi connectivity index (χ3n) is 8.37. The van der Waals surface area contributed by atoms with Crippen molar-refractivity contribution in [3.63, 3.8) is 0 Å². The van der Waals surface area contributed by atoms with E-state index in [0.717, 1.165) is 55.2 Å². The van der Waals surface area contributed by atoms with Crippen LogP contribution in [-0.2, 0) is 6.42 Å². The summed E-state index contributed by atoms with van der Waals surface area (Å²) in [4.78, 5) is 39.3. The quantitative estimate of drug-likeness (QED) is 0.402. The Morgan fingerprint density at radius 3 is 2.55 bits per heavy atom. The van der Waals surface area contributed by atoms with Gasteiger partial charge in [-0.25, -0.2) is 4.98 Å². The normalized spacial score (nSPS) is 17.9. The van der Waals surface area contributed by atoms with Gasteiger partial charge in [0.1, 0.15) is 18.1 Å². The molecule has 2 amide bonds. The van der Waals surface area contributed by atoms with Crippen LogP contribution in [0.5, 0.6) is 5.75 Å². The van der Waals surface area contributed by atoms with Gasteiger partial charge in [-0.3, -0.25) is 19.7 Å². The first-order chi connectivity index (χ1) is 19.6. The molecule has 4 aromatic rings. The molecule has 1 N–H and O–H groups in total. The second-order valence-electron chi connectivity index (χ2n) is 10.9. The number of hydrogen-bond donors (Lipinski definition) is 1. The van der Waals surface area contributed by atoms with Gasteiger partial charge >= 0.3 is 0 Å². The van der Waals surface area contributed by atoms with Crippen molar-refractivity contribution in [1.82, 2.24) is 30.0 Å². The van der Waals surface area contributed by atoms with Crippen molar-refractivity contribution < 1.29 is 14.3 Å². The van der Waals surface area contributed by atoms with Crippen molar-refractivity contribution >= 4 is 22.7 Å². The van der Waals surface area contributed by atoms with Crippen molar-refractivity contribution in [3.8, 4) is 5.75 Å². The molecule has 40 heavy (non-hydrogen) atoms. The van der Waals surface area contributed by atoms with Crippen LogP contribution < -0.4 is 4.74 Å². The highest BCUT2D eigenvalue weighted by Crippen LogP contribution is 2.39. The van der Waals surface area contributed by atoms with Gasteiger partial charge in [-0.15, -0.1) is 0 Å². The number of rotatable bonds is 2. The Morgan fingerprint density at radius 2 is 1.70 bits per heavy atom. The highest BCUT2D eigenvalue weighted by molar-refractivity contribution is 6.04. The summed E-state index contributed by atoms with van der Waals surface area (Å²) in [5.74, 6) is 0.711. The fourth-order valence-corrected chi connectivity index (χ4v) is 6.11. The lowest BCUT2D eigenvalue weighted by atomic mass is 9.73. The molecule has 9 heteroatoms. The van der Waals surface area contributed by atoms with Gasteiger partial charge in [0.25, 0.3) is 11.8 Å². The highest BCUT2D eigenvalue weighted by atomic mass is 16.5. The zero-order chi connectivity index (χ0) is 27.4. The van der Waals surface area contributed by atoms with Gasteiger partial charge in [0.2, 0.25) is 0 Å². The standard InChI is InChI=1S/C31H34N6O3/c38-29(26-21-32-15-16-33-26)37-19-20-40-27-11-4-1-7-23(27)8-5-6-12-31(22-37)13-17-36(18-14-31)30(39)28-24-9-2-3-10-25(24)34-35-28/h1-4,7,9-11,15-16,21H,5-6,8,12-14,17-20,22H2,(H,34,35). The number of hydrogen-bond acceptors (Lipinski definition) is 6. The van der Waals surface area contributed by atoms with Gasteiger partial charge in [0.05, 0.1) is 18.3 Å². The second kappa shape index (κ2) is 11.5. The molecule has 2 aromatic carbocycles. The summed E-state index contributed by atoms with van der Waals surface area (Å²) < 4.78 is 6.18. The van der Waals surface area contributed by atoms with Gasteiger partial charge in [-0.2, -0.15) is 5.10 Å². The number of likely N-dealkylation sites (tertiary alicyclic amines) is 1. The Kier molecular flexibility index (Phi) is 7.44.